The van der Waals surface area contributed by atoms with Crippen molar-refractivity contribution in [2.24, 2.45) is 0 Å². The van der Waals surface area contributed by atoms with Gasteiger partial charge in [-0.05, 0) is 78.1 Å². The van der Waals surface area contributed by atoms with Gasteiger partial charge in [0.05, 0.1) is 123 Å². The zero-order valence-electron chi connectivity index (χ0n) is 42.8. The van der Waals surface area contributed by atoms with Gasteiger partial charge in [0.1, 0.15) is 17.8 Å². The van der Waals surface area contributed by atoms with Gasteiger partial charge in [-0.3, -0.25) is 0 Å². The number of aryl methyl sites for hydroxylation is 1. The van der Waals surface area contributed by atoms with Crippen LogP contribution in [0.15, 0.2) is 54.6 Å². The number of carbonyl (C=O) groups is 2. The Morgan fingerprint density at radius 2 is 1.01 bits per heavy atom. The van der Waals surface area contributed by atoms with E-state index in [4.69, 9.17) is 52.1 Å². The summed E-state index contributed by atoms with van der Waals surface area (Å²) in [6, 6.07) is 14.3. The fraction of sp³-hybridized carbons (Fsp3) is 0.481. The molecule has 4 aromatic carbocycles. The van der Waals surface area contributed by atoms with Crippen LogP contribution in [0.4, 0.5) is 0 Å². The lowest BCUT2D eigenvalue weighted by Crippen LogP contribution is -2.52. The largest absolute Gasteiger partial charge is 0.496 e. The molecule has 2 aliphatic heterocycles. The molecule has 0 amide bonds. The predicted molar refractivity (Wildman–Crippen MR) is 262 cm³/mol. The number of rotatable bonds is 22. The maximum atomic E-state index is 12.9. The maximum absolute atomic E-state index is 12.9. The molecule has 4 atom stereocenters. The molecule has 4 aromatic rings. The van der Waals surface area contributed by atoms with Crippen LogP contribution in [0.1, 0.15) is 69.4 Å². The van der Waals surface area contributed by atoms with E-state index in [2.05, 4.69) is 46.1 Å². The summed E-state index contributed by atoms with van der Waals surface area (Å²) in [6.45, 7) is 7.64. The van der Waals surface area contributed by atoms with E-state index in [1.54, 1.807) is 64.0 Å². The molecule has 2 heterocycles. The number of carbonyl (C=O) groups excluding carboxylic acids is 2. The van der Waals surface area contributed by atoms with E-state index in [0.29, 0.717) is 80.8 Å². The summed E-state index contributed by atoms with van der Waals surface area (Å²) in [7, 11) is 19.1. The molecule has 0 aliphatic carbocycles. The van der Waals surface area contributed by atoms with Crippen LogP contribution in [0.5, 0.6) is 51.7 Å². The van der Waals surface area contributed by atoms with Crippen LogP contribution >= 0.6 is 0 Å². The third-order valence-electron chi connectivity index (χ3n) is 14.2. The van der Waals surface area contributed by atoms with E-state index < -0.39 is 11.9 Å². The lowest BCUT2D eigenvalue weighted by molar-refractivity contribution is -0.941. The van der Waals surface area contributed by atoms with Crippen molar-refractivity contribution in [2.45, 2.75) is 58.0 Å². The number of likely N-dealkylation sites (N-methyl/N-ethyl adjacent to an activating group) is 2. The Hall–Kier alpha value is -6.32. The average molecular weight is 957 g/mol. The van der Waals surface area contributed by atoms with Crippen LogP contribution in [-0.4, -0.2) is 138 Å². The van der Waals surface area contributed by atoms with Gasteiger partial charge in [-0.2, -0.15) is 0 Å². The summed E-state index contributed by atoms with van der Waals surface area (Å²) >= 11 is 0. The molecule has 0 fully saturated rings. The van der Waals surface area contributed by atoms with Gasteiger partial charge >= 0.3 is 11.9 Å². The number of hydrogen-bond acceptors (Lipinski definition) is 13. The molecule has 15 heteroatoms. The van der Waals surface area contributed by atoms with E-state index in [0.717, 1.165) is 78.2 Å². The van der Waals surface area contributed by atoms with E-state index >= 15 is 0 Å². The standard InChI is InChI=1S/C54H72N2O13/c1-34-26-38-19-23-56(4,51(50(38)52(65-11)35(34)2)39-31-46(63-9)54(67-13)47(32-39)64-10)21-15-25-69-49(58)17-16-48(57)68-24-14-20-55(3)22-18-37-30-42(59-5)43(60-6)33-40(37)41(55)27-36-28-44(61-7)53(66-12)45(29-36)62-8/h16-17,26,28-33,41,51H,14-15,18-25,27H2,1-13H3/q+2/b17-16+. The SMILES string of the molecule is COc1cc2c(cc1OC)C(Cc1cc(OC)c(OC)c(OC)c1)[N+](C)(CCCOC(=O)/C=C/C(=O)OCCC[N+]1(C)CCc3cc(C)c(C)c(OC)c3C1c1cc(OC)c(OC)c(OC)c1)CC2. The minimum absolute atomic E-state index is 0.00805. The second kappa shape index (κ2) is 22.9. The summed E-state index contributed by atoms with van der Waals surface area (Å²) in [5.41, 5.74) is 8.99. The molecular formula is C54H72N2O13+2. The van der Waals surface area contributed by atoms with Crippen molar-refractivity contribution in [3.63, 3.8) is 0 Å². The molecule has 6 rings (SSSR count). The molecule has 4 unspecified atom stereocenters. The highest BCUT2D eigenvalue weighted by Gasteiger charge is 2.44. The van der Waals surface area contributed by atoms with Crippen LogP contribution in [0.2, 0.25) is 0 Å². The molecule has 0 aromatic heterocycles. The van der Waals surface area contributed by atoms with Gasteiger partial charge in [-0.1, -0.05) is 6.07 Å². The zero-order valence-corrected chi connectivity index (χ0v) is 42.8. The zero-order chi connectivity index (χ0) is 50.0. The minimum atomic E-state index is -0.612. The fourth-order valence-electron chi connectivity index (χ4n) is 10.4. The van der Waals surface area contributed by atoms with Gasteiger partial charge in [-0.25, -0.2) is 9.59 Å². The highest BCUT2D eigenvalue weighted by molar-refractivity contribution is 5.91. The van der Waals surface area contributed by atoms with Gasteiger partial charge in [0, 0.05) is 55.4 Å². The van der Waals surface area contributed by atoms with Crippen molar-refractivity contribution in [3.05, 3.63) is 99.1 Å². The van der Waals surface area contributed by atoms with Crippen molar-refractivity contribution in [3.8, 4) is 51.7 Å². The Balaban J connectivity index is 1.09. The second-order valence-corrected chi connectivity index (χ2v) is 18.2. The third-order valence-corrected chi connectivity index (χ3v) is 14.2. The molecule has 2 aliphatic rings. The molecule has 0 bridgehead atoms. The van der Waals surface area contributed by atoms with Crippen LogP contribution in [0.25, 0.3) is 0 Å². The molecule has 0 spiro atoms. The van der Waals surface area contributed by atoms with E-state index in [1.165, 1.54) is 16.7 Å². The Morgan fingerprint density at radius 1 is 0.551 bits per heavy atom. The van der Waals surface area contributed by atoms with Crippen molar-refractivity contribution in [1.29, 1.82) is 0 Å². The summed E-state index contributed by atoms with van der Waals surface area (Å²) in [5.74, 6) is 4.35. The number of hydrogen-bond donors (Lipinski definition) is 0. The first-order valence-electron chi connectivity index (χ1n) is 23.4. The number of quaternary nitrogens is 2. The molecule has 0 radical (unpaired) electrons. The Kier molecular flexibility index (Phi) is 17.2. The molecule has 0 N–H and O–H groups in total. The highest BCUT2D eigenvalue weighted by atomic mass is 16.5. The van der Waals surface area contributed by atoms with Crippen molar-refractivity contribution in [2.75, 3.05) is 117 Å². The number of benzene rings is 4. The molecule has 69 heavy (non-hydrogen) atoms. The monoisotopic (exact) mass is 957 g/mol. The summed E-state index contributed by atoms with van der Waals surface area (Å²) in [6.07, 6.45) is 5.78. The van der Waals surface area contributed by atoms with Crippen LogP contribution in [0.3, 0.4) is 0 Å². The number of esters is 2. The first-order chi connectivity index (χ1) is 33.2. The summed E-state index contributed by atoms with van der Waals surface area (Å²) in [5, 5.41) is 0. The predicted octanol–water partition coefficient (Wildman–Crippen LogP) is 7.88. The van der Waals surface area contributed by atoms with E-state index in [1.807, 2.05) is 24.3 Å². The van der Waals surface area contributed by atoms with Gasteiger partial charge in [0.2, 0.25) is 11.5 Å². The Morgan fingerprint density at radius 3 is 1.52 bits per heavy atom. The average Bonchev–Trinajstić information content (AvgIpc) is 3.36. The first kappa shape index (κ1) is 52.1. The normalized spacial score (nSPS) is 19.4. The second-order valence-electron chi connectivity index (χ2n) is 18.2. The van der Waals surface area contributed by atoms with Crippen molar-refractivity contribution in [1.82, 2.24) is 0 Å². The minimum Gasteiger partial charge on any atom is -0.496 e. The van der Waals surface area contributed by atoms with Gasteiger partial charge in [-0.15, -0.1) is 0 Å². The van der Waals surface area contributed by atoms with Gasteiger partial charge in [0.15, 0.2) is 34.5 Å². The lowest BCUT2D eigenvalue weighted by atomic mass is 9.82. The number of nitrogens with zero attached hydrogens (tertiary/aromatic N) is 2. The van der Waals surface area contributed by atoms with Crippen LogP contribution in [-0.2, 0) is 38.3 Å². The van der Waals surface area contributed by atoms with Gasteiger partial charge in [0.25, 0.3) is 0 Å². The summed E-state index contributed by atoms with van der Waals surface area (Å²) in [4.78, 5) is 25.8. The molecule has 374 valence electrons. The maximum Gasteiger partial charge on any atom is 0.331 e. The van der Waals surface area contributed by atoms with Crippen molar-refractivity contribution >= 4 is 11.9 Å². The van der Waals surface area contributed by atoms with Crippen LogP contribution < -0.4 is 42.6 Å². The first-order valence-corrected chi connectivity index (χ1v) is 23.4. The molecule has 15 nitrogen and oxygen atoms in total. The van der Waals surface area contributed by atoms with Gasteiger partial charge < -0.3 is 61.1 Å². The number of ether oxygens (including phenoxy) is 11. The Bertz CT molecular complexity index is 2450. The summed E-state index contributed by atoms with van der Waals surface area (Å²) < 4.78 is 64.4. The fourth-order valence-corrected chi connectivity index (χ4v) is 10.4. The molecule has 0 saturated heterocycles. The van der Waals surface area contributed by atoms with E-state index in [9.17, 15) is 9.59 Å². The topological polar surface area (TPSA) is 136 Å². The van der Waals surface area contributed by atoms with E-state index in [-0.39, 0.29) is 25.3 Å². The Labute approximate surface area is 407 Å². The van der Waals surface area contributed by atoms with Crippen LogP contribution in [0, 0.1) is 13.8 Å². The molecular weight excluding hydrogens is 885 g/mol. The number of fused-ring (bicyclic) bond motifs is 2. The lowest BCUT2D eigenvalue weighted by Gasteiger charge is -2.46. The third kappa shape index (κ3) is 11.1. The number of methoxy groups -OCH3 is 9. The quantitative estimate of drug-likeness (QED) is 0.0328. The van der Waals surface area contributed by atoms with Crippen molar-refractivity contribution < 1.29 is 70.7 Å². The highest BCUT2D eigenvalue weighted by Crippen LogP contribution is 2.50. The smallest absolute Gasteiger partial charge is 0.331 e. The molecule has 0 saturated carbocycles.